The van der Waals surface area contributed by atoms with Gasteiger partial charge in [-0.25, -0.2) is 4.79 Å². The molecule has 1 amide bonds. The number of methoxy groups -OCH3 is 1. The number of hydrogen-bond donors (Lipinski definition) is 1. The zero-order chi connectivity index (χ0) is 24.6. The molecule has 2 aromatic carbocycles. The van der Waals surface area contributed by atoms with Crippen molar-refractivity contribution in [3.8, 4) is 5.75 Å². The molecule has 3 rings (SSSR count). The third-order valence-electron chi connectivity index (χ3n) is 7.20. The third kappa shape index (κ3) is 5.47. The van der Waals surface area contributed by atoms with Gasteiger partial charge in [-0.3, -0.25) is 4.90 Å². The van der Waals surface area contributed by atoms with E-state index in [1.807, 2.05) is 54.6 Å². The summed E-state index contributed by atoms with van der Waals surface area (Å²) in [6, 6.07) is 17.3. The first kappa shape index (κ1) is 25.8. The molecule has 0 aromatic heterocycles. The lowest BCUT2D eigenvalue weighted by Gasteiger charge is -2.51. The van der Waals surface area contributed by atoms with E-state index in [2.05, 4.69) is 20.4 Å². The molecule has 1 N–H and O–H groups in total. The van der Waals surface area contributed by atoms with E-state index in [0.29, 0.717) is 6.42 Å². The molecule has 0 aliphatic carbocycles. The smallest absolute Gasteiger partial charge is 0.415 e. The van der Waals surface area contributed by atoms with Gasteiger partial charge in [0.15, 0.2) is 0 Å². The Morgan fingerprint density at radius 2 is 1.79 bits per heavy atom. The molecule has 0 saturated carbocycles. The van der Waals surface area contributed by atoms with E-state index in [-0.39, 0.29) is 6.61 Å². The van der Waals surface area contributed by atoms with Gasteiger partial charge in [-0.15, -0.1) is 0 Å². The summed E-state index contributed by atoms with van der Waals surface area (Å²) in [6.45, 7) is 8.66. The predicted octanol–water partition coefficient (Wildman–Crippen LogP) is 6.67. The molecule has 0 unspecified atom stereocenters. The van der Waals surface area contributed by atoms with Gasteiger partial charge in [0.2, 0.25) is 0 Å². The lowest BCUT2D eigenvalue weighted by atomic mass is 9.69. The zero-order valence-corrected chi connectivity index (χ0v) is 20.8. The van der Waals surface area contributed by atoms with Crippen molar-refractivity contribution < 1.29 is 19.4 Å². The van der Waals surface area contributed by atoms with Crippen LogP contribution in [0.2, 0.25) is 0 Å². The SMILES string of the molecule is C=C1N([C@H](CO)Cc2ccccc2)C(=O)O[C@@H](c2ccc(OC)cc2)[C@@]1(CC)CCCCCC. The molecule has 3 atom stereocenters. The Balaban J connectivity index is 1.97. The normalized spacial score (nSPS) is 21.3. The van der Waals surface area contributed by atoms with Crippen molar-refractivity contribution in [2.75, 3.05) is 13.7 Å². The predicted molar refractivity (Wildman–Crippen MR) is 136 cm³/mol. The van der Waals surface area contributed by atoms with Crippen molar-refractivity contribution in [2.24, 2.45) is 5.41 Å². The molecule has 1 fully saturated rings. The fraction of sp³-hybridized carbons (Fsp3) is 0.483. The number of aliphatic hydroxyl groups is 1. The molecule has 5 nitrogen and oxygen atoms in total. The van der Waals surface area contributed by atoms with Gasteiger partial charge in [0.1, 0.15) is 11.9 Å². The first-order valence-electron chi connectivity index (χ1n) is 12.5. The van der Waals surface area contributed by atoms with E-state index in [9.17, 15) is 9.90 Å². The fourth-order valence-corrected chi connectivity index (χ4v) is 5.14. The molecule has 0 bridgehead atoms. The molecule has 5 heteroatoms. The molecule has 1 aliphatic rings. The zero-order valence-electron chi connectivity index (χ0n) is 20.8. The van der Waals surface area contributed by atoms with Gasteiger partial charge in [-0.2, -0.15) is 0 Å². The average Bonchev–Trinajstić information content (AvgIpc) is 2.87. The standard InChI is InChI=1S/C29H39NO4/c1-5-7-8-12-19-29(6-2)22(3)30(25(21-31)20-23-13-10-9-11-14-23)28(32)34-27(29)24-15-17-26(33-4)18-16-24/h9-11,13-18,25,27,31H,3,5-8,12,19-21H2,1-2,4H3/t25-,27-,29-/m0/s1. The fourth-order valence-electron chi connectivity index (χ4n) is 5.14. The van der Waals surface area contributed by atoms with Gasteiger partial charge in [-0.1, -0.05) is 88.6 Å². The minimum atomic E-state index is -0.446. The summed E-state index contributed by atoms with van der Waals surface area (Å²) in [5, 5.41) is 10.3. The number of aliphatic hydroxyl groups excluding tert-OH is 1. The highest BCUT2D eigenvalue weighted by Gasteiger charge is 2.51. The minimum Gasteiger partial charge on any atom is -0.497 e. The maximum Gasteiger partial charge on any atom is 0.415 e. The highest BCUT2D eigenvalue weighted by atomic mass is 16.6. The van der Waals surface area contributed by atoms with Crippen LogP contribution in [0, 0.1) is 5.41 Å². The maximum absolute atomic E-state index is 13.4. The summed E-state index contributed by atoms with van der Waals surface area (Å²) in [4.78, 5) is 15.0. The van der Waals surface area contributed by atoms with Crippen LogP contribution in [0.4, 0.5) is 4.79 Å². The minimum absolute atomic E-state index is 0.161. The maximum atomic E-state index is 13.4. The van der Waals surface area contributed by atoms with Crippen molar-refractivity contribution >= 4 is 6.09 Å². The van der Waals surface area contributed by atoms with Crippen LogP contribution < -0.4 is 4.74 Å². The first-order valence-corrected chi connectivity index (χ1v) is 12.5. The second kappa shape index (κ2) is 12.1. The second-order valence-electron chi connectivity index (χ2n) is 9.20. The lowest BCUT2D eigenvalue weighted by molar-refractivity contribution is -0.0587. The molecule has 184 valence electrons. The molecule has 2 aromatic rings. The van der Waals surface area contributed by atoms with E-state index in [4.69, 9.17) is 9.47 Å². The van der Waals surface area contributed by atoms with Crippen molar-refractivity contribution in [1.82, 2.24) is 4.90 Å². The Labute approximate surface area is 204 Å². The summed E-state index contributed by atoms with van der Waals surface area (Å²) in [7, 11) is 1.64. The highest BCUT2D eigenvalue weighted by molar-refractivity contribution is 5.73. The van der Waals surface area contributed by atoms with Gasteiger partial charge in [0.25, 0.3) is 0 Å². The Kier molecular flexibility index (Phi) is 9.17. The van der Waals surface area contributed by atoms with E-state index in [1.165, 1.54) is 6.42 Å². The average molecular weight is 466 g/mol. The number of unbranched alkanes of at least 4 members (excludes halogenated alkanes) is 3. The summed E-state index contributed by atoms with van der Waals surface area (Å²) in [5.74, 6) is 0.764. The van der Waals surface area contributed by atoms with Crippen LogP contribution in [0.25, 0.3) is 0 Å². The molecule has 34 heavy (non-hydrogen) atoms. The number of benzene rings is 2. The van der Waals surface area contributed by atoms with E-state index < -0.39 is 23.7 Å². The Hall–Kier alpha value is -2.79. The number of rotatable bonds is 12. The largest absolute Gasteiger partial charge is 0.497 e. The quantitative estimate of drug-likeness (QED) is 0.356. The van der Waals surface area contributed by atoms with Gasteiger partial charge in [-0.05, 0) is 42.5 Å². The van der Waals surface area contributed by atoms with Crippen LogP contribution in [-0.4, -0.2) is 35.9 Å². The number of hydrogen-bond acceptors (Lipinski definition) is 4. The van der Waals surface area contributed by atoms with Crippen LogP contribution in [-0.2, 0) is 11.2 Å². The number of amides is 1. The number of ether oxygens (including phenoxy) is 2. The first-order chi connectivity index (χ1) is 16.5. The molecule has 0 spiro atoms. The summed E-state index contributed by atoms with van der Waals surface area (Å²) >= 11 is 0. The highest BCUT2D eigenvalue weighted by Crippen LogP contribution is 2.53. The van der Waals surface area contributed by atoms with Gasteiger partial charge in [0, 0.05) is 5.70 Å². The van der Waals surface area contributed by atoms with Gasteiger partial charge < -0.3 is 14.6 Å². The number of nitrogens with zero attached hydrogens (tertiary/aromatic N) is 1. The van der Waals surface area contributed by atoms with Crippen LogP contribution in [0.3, 0.4) is 0 Å². The van der Waals surface area contributed by atoms with Crippen molar-refractivity contribution in [3.05, 3.63) is 78.0 Å². The topological polar surface area (TPSA) is 59.0 Å². The third-order valence-corrected chi connectivity index (χ3v) is 7.20. The number of carbonyl (C=O) groups is 1. The number of cyclic esters (lactones) is 1. The molecule has 0 radical (unpaired) electrons. The van der Waals surface area contributed by atoms with E-state index in [0.717, 1.165) is 54.7 Å². The second-order valence-corrected chi connectivity index (χ2v) is 9.20. The summed E-state index contributed by atoms with van der Waals surface area (Å²) in [5.41, 5.74) is 2.30. The molecular formula is C29H39NO4. The Bertz CT molecular complexity index is 927. The molecule has 1 saturated heterocycles. The van der Waals surface area contributed by atoms with E-state index in [1.54, 1.807) is 12.0 Å². The van der Waals surface area contributed by atoms with Crippen LogP contribution in [0.1, 0.15) is 69.6 Å². The van der Waals surface area contributed by atoms with Crippen LogP contribution >= 0.6 is 0 Å². The number of carbonyl (C=O) groups excluding carboxylic acids is 1. The Morgan fingerprint density at radius 3 is 2.38 bits per heavy atom. The molecule has 1 heterocycles. The summed E-state index contributed by atoms with van der Waals surface area (Å²) in [6.07, 6.45) is 5.80. The van der Waals surface area contributed by atoms with Crippen molar-refractivity contribution in [1.29, 1.82) is 0 Å². The summed E-state index contributed by atoms with van der Waals surface area (Å²) < 4.78 is 11.5. The Morgan fingerprint density at radius 1 is 1.09 bits per heavy atom. The van der Waals surface area contributed by atoms with Gasteiger partial charge >= 0.3 is 6.09 Å². The lowest BCUT2D eigenvalue weighted by Crippen LogP contribution is -2.54. The van der Waals surface area contributed by atoms with Crippen LogP contribution in [0.15, 0.2) is 66.9 Å². The molecule has 1 aliphatic heterocycles. The van der Waals surface area contributed by atoms with E-state index >= 15 is 0 Å². The van der Waals surface area contributed by atoms with Crippen LogP contribution in [0.5, 0.6) is 5.75 Å². The molecular weight excluding hydrogens is 426 g/mol. The monoisotopic (exact) mass is 465 g/mol. The van der Waals surface area contributed by atoms with Crippen molar-refractivity contribution in [2.45, 2.75) is 70.9 Å². The van der Waals surface area contributed by atoms with Crippen molar-refractivity contribution in [3.63, 3.8) is 0 Å². The van der Waals surface area contributed by atoms with Gasteiger partial charge in [0.05, 0.1) is 25.2 Å².